The Morgan fingerprint density at radius 1 is 0.455 bits per heavy atom. The predicted molar refractivity (Wildman–Crippen MR) is 128 cm³/mol. The van der Waals surface area contributed by atoms with Crippen LogP contribution in [0.2, 0.25) is 0 Å². The van der Waals surface area contributed by atoms with Gasteiger partial charge in [-0.25, -0.2) is 0 Å². The van der Waals surface area contributed by atoms with Gasteiger partial charge in [0.2, 0.25) is 0 Å². The third-order valence-electron chi connectivity index (χ3n) is 4.92. The van der Waals surface area contributed by atoms with Gasteiger partial charge in [0.05, 0.1) is 27.4 Å². The Morgan fingerprint density at radius 3 is 1.24 bits per heavy atom. The summed E-state index contributed by atoms with van der Waals surface area (Å²) in [6.07, 6.45) is 0. The van der Waals surface area contributed by atoms with Crippen LogP contribution in [-0.2, 0) is 18.0 Å². The molecule has 0 N–H and O–H groups in total. The third kappa shape index (κ3) is 6.51. The fraction of sp³-hybridized carbons (Fsp3) is 0.143. The van der Waals surface area contributed by atoms with E-state index in [2.05, 4.69) is 0 Å². The second kappa shape index (κ2) is 11.1. The monoisotopic (exact) mass is 442 g/mol. The van der Waals surface area contributed by atoms with Gasteiger partial charge in [0.1, 0.15) is 34.5 Å². The Kier molecular flexibility index (Phi) is 7.46. The van der Waals surface area contributed by atoms with E-state index in [1.165, 1.54) is 0 Å². The number of ether oxygens (including phenoxy) is 5. The Bertz CT molecular complexity index is 1060. The first kappa shape index (κ1) is 22.2. The lowest BCUT2D eigenvalue weighted by Crippen LogP contribution is -1.95. The standard InChI is InChI=1S/C28H26O5/c1-29-23-9-13-25(14-10-23)32-27-7-3-5-21(17-27)19-31-20-22-6-4-8-28(18-22)33-26-15-11-24(30-2)12-16-26/h3-18H,19-20H2,1-2H3. The molecule has 0 saturated heterocycles. The van der Waals surface area contributed by atoms with Crippen LogP contribution in [0.3, 0.4) is 0 Å². The fourth-order valence-corrected chi connectivity index (χ4v) is 3.24. The number of rotatable bonds is 10. The Morgan fingerprint density at radius 2 is 0.848 bits per heavy atom. The van der Waals surface area contributed by atoms with E-state index < -0.39 is 0 Å². The Hall–Kier alpha value is -3.96. The summed E-state index contributed by atoms with van der Waals surface area (Å²) in [6, 6.07) is 30.8. The lowest BCUT2D eigenvalue weighted by Gasteiger charge is -2.10. The molecule has 4 aromatic rings. The van der Waals surface area contributed by atoms with Crippen molar-refractivity contribution in [2.75, 3.05) is 14.2 Å². The quantitative estimate of drug-likeness (QED) is 0.264. The molecule has 33 heavy (non-hydrogen) atoms. The molecule has 5 nitrogen and oxygen atoms in total. The van der Waals surface area contributed by atoms with E-state index in [1.807, 2.05) is 97.1 Å². The van der Waals surface area contributed by atoms with Gasteiger partial charge < -0.3 is 23.7 Å². The lowest BCUT2D eigenvalue weighted by atomic mass is 10.2. The van der Waals surface area contributed by atoms with Crippen molar-refractivity contribution in [3.8, 4) is 34.5 Å². The van der Waals surface area contributed by atoms with Gasteiger partial charge in [-0.2, -0.15) is 0 Å². The van der Waals surface area contributed by atoms with Crippen molar-refractivity contribution in [1.29, 1.82) is 0 Å². The molecule has 4 rings (SSSR count). The second-order valence-corrected chi connectivity index (χ2v) is 7.34. The number of hydrogen-bond donors (Lipinski definition) is 0. The normalized spacial score (nSPS) is 10.5. The maximum atomic E-state index is 5.93. The number of hydrogen-bond acceptors (Lipinski definition) is 5. The van der Waals surface area contributed by atoms with Crippen LogP contribution in [0, 0.1) is 0 Å². The molecule has 0 aliphatic rings. The third-order valence-corrected chi connectivity index (χ3v) is 4.92. The smallest absolute Gasteiger partial charge is 0.127 e. The molecule has 4 aromatic carbocycles. The van der Waals surface area contributed by atoms with Crippen molar-refractivity contribution in [1.82, 2.24) is 0 Å². The van der Waals surface area contributed by atoms with Gasteiger partial charge in [0.15, 0.2) is 0 Å². The van der Waals surface area contributed by atoms with Crippen molar-refractivity contribution in [3.63, 3.8) is 0 Å². The van der Waals surface area contributed by atoms with Crippen LogP contribution in [0.1, 0.15) is 11.1 Å². The fourth-order valence-electron chi connectivity index (χ4n) is 3.24. The number of benzene rings is 4. The molecule has 0 radical (unpaired) electrons. The maximum Gasteiger partial charge on any atom is 0.127 e. The number of methoxy groups -OCH3 is 2. The second-order valence-electron chi connectivity index (χ2n) is 7.34. The van der Waals surface area contributed by atoms with E-state index in [9.17, 15) is 0 Å². The van der Waals surface area contributed by atoms with Crippen molar-refractivity contribution < 1.29 is 23.7 Å². The highest BCUT2D eigenvalue weighted by molar-refractivity contribution is 5.38. The minimum Gasteiger partial charge on any atom is -0.497 e. The molecule has 0 bridgehead atoms. The van der Waals surface area contributed by atoms with Gasteiger partial charge in [-0.15, -0.1) is 0 Å². The summed E-state index contributed by atoms with van der Waals surface area (Å²) >= 11 is 0. The molecule has 0 aromatic heterocycles. The van der Waals surface area contributed by atoms with E-state index in [-0.39, 0.29) is 0 Å². The van der Waals surface area contributed by atoms with Crippen LogP contribution in [0.4, 0.5) is 0 Å². The van der Waals surface area contributed by atoms with Gasteiger partial charge in [-0.1, -0.05) is 24.3 Å². The minimum absolute atomic E-state index is 0.476. The zero-order valence-electron chi connectivity index (χ0n) is 18.7. The first-order chi connectivity index (χ1) is 16.2. The molecule has 0 amide bonds. The lowest BCUT2D eigenvalue weighted by molar-refractivity contribution is 0.107. The van der Waals surface area contributed by atoms with Crippen molar-refractivity contribution >= 4 is 0 Å². The molecule has 0 heterocycles. The van der Waals surface area contributed by atoms with Gasteiger partial charge >= 0.3 is 0 Å². The first-order valence-electron chi connectivity index (χ1n) is 10.6. The predicted octanol–water partition coefficient (Wildman–Crippen LogP) is 7.01. The Balaban J connectivity index is 1.30. The first-order valence-corrected chi connectivity index (χ1v) is 10.6. The van der Waals surface area contributed by atoms with Gasteiger partial charge in [0, 0.05) is 0 Å². The van der Waals surface area contributed by atoms with E-state index in [0.29, 0.717) is 13.2 Å². The Labute approximate surface area is 194 Å². The van der Waals surface area contributed by atoms with Crippen molar-refractivity contribution in [3.05, 3.63) is 108 Å². The topological polar surface area (TPSA) is 46.2 Å². The van der Waals surface area contributed by atoms with Gasteiger partial charge in [-0.3, -0.25) is 0 Å². The van der Waals surface area contributed by atoms with Crippen LogP contribution in [0.25, 0.3) is 0 Å². The van der Waals surface area contributed by atoms with Crippen LogP contribution in [0.15, 0.2) is 97.1 Å². The molecule has 0 spiro atoms. The summed E-state index contributed by atoms with van der Waals surface area (Å²) in [5.74, 6) is 4.61. The summed E-state index contributed by atoms with van der Waals surface area (Å²) in [6.45, 7) is 0.951. The largest absolute Gasteiger partial charge is 0.497 e. The molecule has 0 aliphatic carbocycles. The van der Waals surface area contributed by atoms with E-state index in [1.54, 1.807) is 14.2 Å². The van der Waals surface area contributed by atoms with E-state index in [4.69, 9.17) is 23.7 Å². The SMILES string of the molecule is COc1ccc(Oc2cccc(COCc3cccc(Oc4ccc(OC)cc4)c3)c2)cc1. The zero-order valence-corrected chi connectivity index (χ0v) is 18.7. The maximum absolute atomic E-state index is 5.93. The molecule has 0 atom stereocenters. The summed E-state index contributed by atoms with van der Waals surface area (Å²) in [5.41, 5.74) is 2.07. The summed E-state index contributed by atoms with van der Waals surface area (Å²) in [7, 11) is 3.28. The molecular formula is C28H26O5. The molecule has 0 unspecified atom stereocenters. The average molecular weight is 443 g/mol. The van der Waals surface area contributed by atoms with Crippen LogP contribution in [0.5, 0.6) is 34.5 Å². The summed E-state index contributed by atoms with van der Waals surface area (Å²) < 4.78 is 28.2. The van der Waals surface area contributed by atoms with Gasteiger partial charge in [-0.05, 0) is 83.9 Å². The summed E-state index contributed by atoms with van der Waals surface area (Å²) in [4.78, 5) is 0. The zero-order chi connectivity index (χ0) is 22.9. The van der Waals surface area contributed by atoms with Crippen molar-refractivity contribution in [2.24, 2.45) is 0 Å². The molecule has 0 fully saturated rings. The van der Waals surface area contributed by atoms with Crippen LogP contribution in [-0.4, -0.2) is 14.2 Å². The minimum atomic E-state index is 0.476. The average Bonchev–Trinajstić information content (AvgIpc) is 2.86. The highest BCUT2D eigenvalue weighted by atomic mass is 16.5. The molecule has 0 aliphatic heterocycles. The molecule has 0 saturated carbocycles. The molecular weight excluding hydrogens is 416 g/mol. The van der Waals surface area contributed by atoms with Crippen molar-refractivity contribution in [2.45, 2.75) is 13.2 Å². The molecule has 168 valence electrons. The van der Waals surface area contributed by atoms with Gasteiger partial charge in [0.25, 0.3) is 0 Å². The molecule has 5 heteroatoms. The summed E-state index contributed by atoms with van der Waals surface area (Å²) in [5, 5.41) is 0. The highest BCUT2D eigenvalue weighted by Crippen LogP contribution is 2.26. The highest BCUT2D eigenvalue weighted by Gasteiger charge is 2.03. The van der Waals surface area contributed by atoms with E-state index in [0.717, 1.165) is 45.6 Å². The van der Waals surface area contributed by atoms with E-state index >= 15 is 0 Å². The van der Waals surface area contributed by atoms with Crippen LogP contribution >= 0.6 is 0 Å². The van der Waals surface area contributed by atoms with Crippen LogP contribution < -0.4 is 18.9 Å².